The van der Waals surface area contributed by atoms with Gasteiger partial charge in [-0.25, -0.2) is 0 Å². The first-order valence-corrected chi connectivity index (χ1v) is 14.9. The molecule has 0 saturated heterocycles. The van der Waals surface area contributed by atoms with Crippen molar-refractivity contribution in [3.8, 4) is 0 Å². The number of benzene rings is 3. The number of thioether (sulfide) groups is 1. The van der Waals surface area contributed by atoms with E-state index in [0.717, 1.165) is 0 Å². The summed E-state index contributed by atoms with van der Waals surface area (Å²) in [6.45, 7) is 7.31. The van der Waals surface area contributed by atoms with Gasteiger partial charge < -0.3 is 0 Å². The van der Waals surface area contributed by atoms with Gasteiger partial charge >= 0.3 is 0 Å². The minimum atomic E-state index is -0.935. The highest BCUT2D eigenvalue weighted by atomic mass is 32.2. The Morgan fingerprint density at radius 3 is 1.45 bits per heavy atom. The summed E-state index contributed by atoms with van der Waals surface area (Å²) in [5.41, 5.74) is 4.90. The molecule has 0 N–H and O–H groups in total. The van der Waals surface area contributed by atoms with Gasteiger partial charge in [0, 0.05) is 13.0 Å². The molecule has 0 aliphatic rings. The van der Waals surface area contributed by atoms with E-state index in [-0.39, 0.29) is 0 Å². The Kier molecular flexibility index (Phi) is 7.74. The molecule has 148 valence electrons. The molecule has 0 spiro atoms. The van der Waals surface area contributed by atoms with E-state index < -0.39 is 8.07 Å². The molecule has 2 heteroatoms. The summed E-state index contributed by atoms with van der Waals surface area (Å²) in [5, 5.41) is 0. The van der Waals surface area contributed by atoms with Gasteiger partial charge in [0.1, 0.15) is 0 Å². The number of hydrogen-bond acceptors (Lipinski definition) is 1. The van der Waals surface area contributed by atoms with Gasteiger partial charge in [0.25, 0.3) is 0 Å². The molecule has 3 aromatic rings. The Balaban J connectivity index is 1.53. The van der Waals surface area contributed by atoms with Gasteiger partial charge in [0.2, 0.25) is 0 Å². The van der Waals surface area contributed by atoms with Gasteiger partial charge in [-0.3, -0.25) is 0 Å². The van der Waals surface area contributed by atoms with E-state index >= 15 is 0 Å². The van der Waals surface area contributed by atoms with Crippen LogP contribution in [0.3, 0.4) is 0 Å². The van der Waals surface area contributed by atoms with Crippen molar-refractivity contribution >= 4 is 44.1 Å². The van der Waals surface area contributed by atoms with E-state index in [4.69, 9.17) is 0 Å². The molecule has 0 atom stereocenters. The Labute approximate surface area is 181 Å². The third-order valence-corrected chi connectivity index (χ3v) is 7.80. The largest absolute Gasteiger partial charge is 0.126 e. The Hall–Kier alpha value is -2.29. The van der Waals surface area contributed by atoms with Crippen molar-refractivity contribution in [2.45, 2.75) is 30.6 Å². The van der Waals surface area contributed by atoms with Crippen LogP contribution in [-0.4, -0.2) is 13.8 Å². The molecular weight excluding hydrogens is 384 g/mol. The van der Waals surface area contributed by atoms with Gasteiger partial charge in [-0.15, -0.1) is 11.8 Å². The van der Waals surface area contributed by atoms with Gasteiger partial charge in [-0.2, -0.15) is 0 Å². The molecule has 0 aliphatic carbocycles. The second-order valence-electron chi connectivity index (χ2n) is 8.47. The van der Waals surface area contributed by atoms with Crippen molar-refractivity contribution in [1.82, 2.24) is 0 Å². The van der Waals surface area contributed by atoms with Crippen LogP contribution in [0.15, 0.2) is 83.8 Å². The minimum Gasteiger partial charge on any atom is -0.126 e. The van der Waals surface area contributed by atoms with E-state index in [2.05, 4.69) is 117 Å². The molecule has 3 rings (SSSR count). The standard InChI is InChI=1S/C27H30SSi/c1-29(2,3)22-21-28-27-19-17-26(18-20-27)16-15-25-13-11-24(12-14-25)10-9-23-7-5-4-6-8-23/h4-20H,21-22H2,1-3H3/b10-9+,16-15+. The van der Waals surface area contributed by atoms with Crippen molar-refractivity contribution in [1.29, 1.82) is 0 Å². The first kappa shape index (κ1) is 21.4. The zero-order valence-electron chi connectivity index (χ0n) is 17.6. The SMILES string of the molecule is C[Si](C)(C)CCSc1ccc(/C=C/c2ccc(/C=C/c3ccccc3)cc2)cc1. The highest BCUT2D eigenvalue weighted by Gasteiger charge is 2.12. The monoisotopic (exact) mass is 414 g/mol. The second-order valence-corrected chi connectivity index (χ2v) is 15.3. The van der Waals surface area contributed by atoms with Gasteiger partial charge in [0.15, 0.2) is 0 Å². The van der Waals surface area contributed by atoms with Crippen LogP contribution in [0.4, 0.5) is 0 Å². The van der Waals surface area contributed by atoms with E-state index in [1.165, 1.54) is 38.9 Å². The Morgan fingerprint density at radius 2 is 1.00 bits per heavy atom. The van der Waals surface area contributed by atoms with Crippen molar-refractivity contribution in [3.63, 3.8) is 0 Å². The van der Waals surface area contributed by atoms with Crippen LogP contribution < -0.4 is 0 Å². The molecule has 0 heterocycles. The number of rotatable bonds is 8. The lowest BCUT2D eigenvalue weighted by Crippen LogP contribution is -2.19. The van der Waals surface area contributed by atoms with Crippen LogP contribution >= 0.6 is 11.8 Å². The molecule has 0 aromatic heterocycles. The van der Waals surface area contributed by atoms with Crippen LogP contribution in [0.2, 0.25) is 25.7 Å². The average Bonchev–Trinajstić information content (AvgIpc) is 2.72. The maximum atomic E-state index is 2.44. The van der Waals surface area contributed by atoms with Crippen molar-refractivity contribution in [3.05, 3.63) is 101 Å². The molecular formula is C27H30SSi. The van der Waals surface area contributed by atoms with Gasteiger partial charge in [0.05, 0.1) is 0 Å². The maximum Gasteiger partial charge on any atom is 0.0450 e. The molecule has 0 saturated carbocycles. The van der Waals surface area contributed by atoms with E-state index in [0.29, 0.717) is 0 Å². The fraction of sp³-hybridized carbons (Fsp3) is 0.185. The summed E-state index contributed by atoms with van der Waals surface area (Å²) in [6.07, 6.45) is 8.67. The Bertz CT molecular complexity index is 931. The van der Waals surface area contributed by atoms with Crippen molar-refractivity contribution in [2.75, 3.05) is 5.75 Å². The smallest absolute Gasteiger partial charge is 0.0450 e. The predicted octanol–water partition coefficient (Wildman–Crippen LogP) is 8.46. The maximum absolute atomic E-state index is 2.44. The Morgan fingerprint density at radius 1 is 0.586 bits per heavy atom. The van der Waals surface area contributed by atoms with Gasteiger partial charge in [-0.1, -0.05) is 111 Å². The quantitative estimate of drug-likeness (QED) is 0.202. The molecule has 0 radical (unpaired) electrons. The summed E-state index contributed by atoms with van der Waals surface area (Å²) < 4.78 is 0. The molecule has 29 heavy (non-hydrogen) atoms. The lowest BCUT2D eigenvalue weighted by atomic mass is 10.1. The van der Waals surface area contributed by atoms with Crippen LogP contribution in [0.25, 0.3) is 24.3 Å². The molecule has 0 nitrogen and oxygen atoms in total. The molecule has 0 fully saturated rings. The topological polar surface area (TPSA) is 0 Å². The fourth-order valence-electron chi connectivity index (χ4n) is 2.82. The van der Waals surface area contributed by atoms with Crippen LogP contribution in [0.5, 0.6) is 0 Å². The minimum absolute atomic E-state index is 0.935. The third kappa shape index (κ3) is 7.92. The summed E-state index contributed by atoms with van der Waals surface area (Å²) in [6, 6.07) is 29.3. The lowest BCUT2D eigenvalue weighted by Gasteiger charge is -2.14. The molecule has 3 aromatic carbocycles. The lowest BCUT2D eigenvalue weighted by molar-refractivity contribution is 1.35. The molecule has 0 amide bonds. The summed E-state index contributed by atoms with van der Waals surface area (Å²) in [5.74, 6) is 1.23. The summed E-state index contributed by atoms with van der Waals surface area (Å²) in [4.78, 5) is 1.37. The second kappa shape index (κ2) is 10.5. The molecule has 0 unspecified atom stereocenters. The van der Waals surface area contributed by atoms with Crippen LogP contribution in [0.1, 0.15) is 22.3 Å². The highest BCUT2D eigenvalue weighted by molar-refractivity contribution is 7.99. The van der Waals surface area contributed by atoms with E-state index in [1.54, 1.807) is 0 Å². The summed E-state index contributed by atoms with van der Waals surface area (Å²) in [7, 11) is -0.935. The fourth-order valence-corrected chi connectivity index (χ4v) is 6.24. The zero-order valence-corrected chi connectivity index (χ0v) is 19.5. The van der Waals surface area contributed by atoms with Crippen molar-refractivity contribution < 1.29 is 0 Å². The first-order valence-electron chi connectivity index (χ1n) is 10.2. The zero-order chi connectivity index (χ0) is 20.5. The molecule has 0 aliphatic heterocycles. The predicted molar refractivity (Wildman–Crippen MR) is 136 cm³/mol. The molecule has 0 bridgehead atoms. The highest BCUT2D eigenvalue weighted by Crippen LogP contribution is 2.23. The van der Waals surface area contributed by atoms with E-state index in [1.807, 2.05) is 17.8 Å². The number of hydrogen-bond donors (Lipinski definition) is 0. The van der Waals surface area contributed by atoms with Crippen LogP contribution in [0, 0.1) is 0 Å². The van der Waals surface area contributed by atoms with Crippen LogP contribution in [-0.2, 0) is 0 Å². The average molecular weight is 415 g/mol. The first-order chi connectivity index (χ1) is 14.0. The normalized spacial score (nSPS) is 12.1. The summed E-state index contributed by atoms with van der Waals surface area (Å²) >= 11 is 1.98. The van der Waals surface area contributed by atoms with E-state index in [9.17, 15) is 0 Å². The van der Waals surface area contributed by atoms with Crippen molar-refractivity contribution in [2.24, 2.45) is 0 Å². The third-order valence-electron chi connectivity index (χ3n) is 4.67. The van der Waals surface area contributed by atoms with Gasteiger partial charge in [-0.05, 0) is 46.2 Å².